The van der Waals surface area contributed by atoms with Gasteiger partial charge in [0, 0.05) is 10.0 Å². The van der Waals surface area contributed by atoms with E-state index in [1.807, 2.05) is 0 Å². The molecule has 0 amide bonds. The molecule has 0 fully saturated rings. The smallest absolute Gasteiger partial charge is 0.339 e. The summed E-state index contributed by atoms with van der Waals surface area (Å²) >= 11 is 3.21. The second-order valence-corrected chi connectivity index (χ2v) is 3.23. The van der Waals surface area contributed by atoms with E-state index in [9.17, 15) is 4.79 Å². The number of rotatable bonds is 3. The second kappa shape index (κ2) is 4.36. The lowest BCUT2D eigenvalue weighted by atomic mass is 10.1. The van der Waals surface area contributed by atoms with Gasteiger partial charge in [-0.3, -0.25) is 4.84 Å². The first-order chi connectivity index (χ1) is 6.16. The minimum atomic E-state index is -1.13. The van der Waals surface area contributed by atoms with Crippen molar-refractivity contribution in [2.45, 2.75) is 6.10 Å². The molecular weight excluding hydrogens is 238 g/mol. The maximum Gasteiger partial charge on any atom is 0.339 e. The van der Waals surface area contributed by atoms with Crippen LogP contribution in [0.5, 0.6) is 0 Å². The van der Waals surface area contributed by atoms with Gasteiger partial charge in [-0.15, -0.1) is 0 Å². The summed E-state index contributed by atoms with van der Waals surface area (Å²) in [5.41, 5.74) is 0.498. The third kappa shape index (κ3) is 2.27. The van der Waals surface area contributed by atoms with Gasteiger partial charge in [0.05, 0.1) is 0 Å². The van der Waals surface area contributed by atoms with Crippen molar-refractivity contribution < 1.29 is 14.7 Å². The Labute approximate surface area is 83.4 Å². The number of carboxylic acids is 1. The monoisotopic (exact) mass is 245 g/mol. The normalized spacial score (nSPS) is 12.5. The van der Waals surface area contributed by atoms with E-state index in [1.54, 1.807) is 24.3 Å². The Morgan fingerprint density at radius 2 is 2.15 bits per heavy atom. The van der Waals surface area contributed by atoms with Crippen molar-refractivity contribution in [3.63, 3.8) is 0 Å². The molecule has 0 spiro atoms. The average molecular weight is 246 g/mol. The van der Waals surface area contributed by atoms with Crippen LogP contribution in [0.4, 0.5) is 0 Å². The highest BCUT2D eigenvalue weighted by Gasteiger charge is 2.21. The molecule has 0 radical (unpaired) electrons. The van der Waals surface area contributed by atoms with Gasteiger partial charge in [0.2, 0.25) is 6.10 Å². The number of halogens is 1. The molecule has 0 aliphatic carbocycles. The van der Waals surface area contributed by atoms with Crippen molar-refractivity contribution in [2.24, 2.45) is 5.90 Å². The Kier molecular flexibility index (Phi) is 3.41. The molecule has 0 bridgehead atoms. The van der Waals surface area contributed by atoms with Crippen LogP contribution < -0.4 is 5.90 Å². The quantitative estimate of drug-likeness (QED) is 0.792. The van der Waals surface area contributed by atoms with Crippen LogP contribution in [0.15, 0.2) is 28.7 Å². The van der Waals surface area contributed by atoms with Gasteiger partial charge in [0.1, 0.15) is 0 Å². The first-order valence-corrected chi connectivity index (χ1v) is 4.29. The van der Waals surface area contributed by atoms with Crippen LogP contribution in [0, 0.1) is 0 Å². The summed E-state index contributed by atoms with van der Waals surface area (Å²) in [4.78, 5) is 15.0. The molecule has 4 nitrogen and oxygen atoms in total. The minimum absolute atomic E-state index is 0.498. The standard InChI is InChI=1S/C8H8BrNO3/c9-6-4-2-1-3-5(6)7(13-10)8(11)12/h1-4,7H,10H2,(H,11,12). The summed E-state index contributed by atoms with van der Waals surface area (Å²) in [5.74, 6) is 3.76. The van der Waals surface area contributed by atoms with Crippen molar-refractivity contribution in [2.75, 3.05) is 0 Å². The minimum Gasteiger partial charge on any atom is -0.479 e. The number of benzene rings is 1. The molecule has 5 heteroatoms. The second-order valence-electron chi connectivity index (χ2n) is 2.38. The van der Waals surface area contributed by atoms with Crippen LogP contribution in [0.2, 0.25) is 0 Å². The third-order valence-corrected chi connectivity index (χ3v) is 2.27. The predicted octanol–water partition coefficient (Wildman–Crippen LogP) is 1.47. The summed E-state index contributed by atoms with van der Waals surface area (Å²) in [5, 5.41) is 8.73. The van der Waals surface area contributed by atoms with Crippen molar-refractivity contribution >= 4 is 21.9 Å². The van der Waals surface area contributed by atoms with E-state index in [0.29, 0.717) is 10.0 Å². The Balaban J connectivity index is 3.04. The van der Waals surface area contributed by atoms with E-state index >= 15 is 0 Å². The van der Waals surface area contributed by atoms with Crippen molar-refractivity contribution in [1.82, 2.24) is 0 Å². The molecule has 1 rings (SSSR count). The molecule has 0 aliphatic heterocycles. The van der Waals surface area contributed by atoms with E-state index in [4.69, 9.17) is 11.0 Å². The van der Waals surface area contributed by atoms with Gasteiger partial charge in [0.15, 0.2) is 0 Å². The molecule has 3 N–H and O–H groups in total. The molecule has 0 saturated heterocycles. The van der Waals surface area contributed by atoms with Gasteiger partial charge in [-0.2, -0.15) is 0 Å². The third-order valence-electron chi connectivity index (χ3n) is 1.55. The molecule has 13 heavy (non-hydrogen) atoms. The van der Waals surface area contributed by atoms with E-state index < -0.39 is 12.1 Å². The molecular formula is C8H8BrNO3. The zero-order valence-corrected chi connectivity index (χ0v) is 8.19. The van der Waals surface area contributed by atoms with Gasteiger partial charge in [-0.1, -0.05) is 34.1 Å². The van der Waals surface area contributed by atoms with E-state index in [-0.39, 0.29) is 0 Å². The highest BCUT2D eigenvalue weighted by molar-refractivity contribution is 9.10. The lowest BCUT2D eigenvalue weighted by molar-refractivity contribution is -0.151. The van der Waals surface area contributed by atoms with Crippen LogP contribution in [0.3, 0.4) is 0 Å². The number of hydrogen-bond acceptors (Lipinski definition) is 3. The summed E-state index contributed by atoms with van der Waals surface area (Å²) < 4.78 is 0.660. The van der Waals surface area contributed by atoms with Gasteiger partial charge >= 0.3 is 5.97 Å². The Hall–Kier alpha value is -0.910. The van der Waals surface area contributed by atoms with Gasteiger partial charge in [0.25, 0.3) is 0 Å². The predicted molar refractivity (Wildman–Crippen MR) is 49.8 cm³/mol. The first-order valence-electron chi connectivity index (χ1n) is 3.49. The van der Waals surface area contributed by atoms with Crippen LogP contribution in [-0.2, 0) is 9.63 Å². The Morgan fingerprint density at radius 3 is 2.62 bits per heavy atom. The van der Waals surface area contributed by atoms with Crippen molar-refractivity contribution in [3.8, 4) is 0 Å². The average Bonchev–Trinajstić information content (AvgIpc) is 2.09. The number of nitrogens with two attached hydrogens (primary N) is 1. The van der Waals surface area contributed by atoms with Crippen molar-refractivity contribution in [1.29, 1.82) is 0 Å². The van der Waals surface area contributed by atoms with Crippen LogP contribution >= 0.6 is 15.9 Å². The Morgan fingerprint density at radius 1 is 1.54 bits per heavy atom. The topological polar surface area (TPSA) is 72.5 Å². The summed E-state index contributed by atoms with van der Waals surface area (Å²) in [6.07, 6.45) is -1.13. The number of hydrogen-bond donors (Lipinski definition) is 2. The molecule has 0 aromatic heterocycles. The van der Waals surface area contributed by atoms with Gasteiger partial charge in [-0.05, 0) is 6.07 Å². The van der Waals surface area contributed by atoms with Gasteiger partial charge in [-0.25, -0.2) is 10.7 Å². The Bertz CT molecular complexity index is 316. The molecule has 1 aromatic rings. The molecule has 1 unspecified atom stereocenters. The number of carboxylic acid groups (broad SMARTS) is 1. The summed E-state index contributed by atoms with van der Waals surface area (Å²) in [6, 6.07) is 6.86. The zero-order chi connectivity index (χ0) is 9.84. The van der Waals surface area contributed by atoms with Crippen LogP contribution in [0.1, 0.15) is 11.7 Å². The molecule has 1 atom stereocenters. The van der Waals surface area contributed by atoms with Gasteiger partial charge < -0.3 is 5.11 Å². The highest BCUT2D eigenvalue weighted by atomic mass is 79.9. The largest absolute Gasteiger partial charge is 0.479 e. The van der Waals surface area contributed by atoms with Crippen LogP contribution in [0.25, 0.3) is 0 Å². The van der Waals surface area contributed by atoms with Crippen molar-refractivity contribution in [3.05, 3.63) is 34.3 Å². The molecule has 0 heterocycles. The maximum atomic E-state index is 10.7. The maximum absolute atomic E-state index is 10.7. The van der Waals surface area contributed by atoms with E-state index in [2.05, 4.69) is 20.8 Å². The lowest BCUT2D eigenvalue weighted by Crippen LogP contribution is -2.18. The molecule has 1 aromatic carbocycles. The van der Waals surface area contributed by atoms with Crippen LogP contribution in [-0.4, -0.2) is 11.1 Å². The molecule has 70 valence electrons. The first kappa shape index (κ1) is 10.2. The number of carbonyl (C=O) groups is 1. The zero-order valence-electron chi connectivity index (χ0n) is 6.61. The fourth-order valence-electron chi connectivity index (χ4n) is 0.952. The van der Waals surface area contributed by atoms with E-state index in [1.165, 1.54) is 0 Å². The molecule has 0 saturated carbocycles. The highest BCUT2D eigenvalue weighted by Crippen LogP contribution is 2.24. The fourth-order valence-corrected chi connectivity index (χ4v) is 1.44. The molecule has 0 aliphatic rings. The number of aliphatic carboxylic acids is 1. The van der Waals surface area contributed by atoms with E-state index in [0.717, 1.165) is 0 Å². The lowest BCUT2D eigenvalue weighted by Gasteiger charge is -2.10. The SMILES string of the molecule is NOC(C(=O)O)c1ccccc1Br. The fraction of sp³-hybridized carbons (Fsp3) is 0.125. The summed E-state index contributed by atoms with van der Waals surface area (Å²) in [7, 11) is 0. The summed E-state index contributed by atoms with van der Waals surface area (Å²) in [6.45, 7) is 0.